The highest BCUT2D eigenvalue weighted by molar-refractivity contribution is 5.80. The number of aliphatic carboxylic acids is 1. The molecular weight excluding hydrogens is 560 g/mol. The number of nitrogens with zero attached hydrogens (tertiary/aromatic N) is 2. The van der Waals surface area contributed by atoms with Crippen molar-refractivity contribution in [3.63, 3.8) is 0 Å². The summed E-state index contributed by atoms with van der Waals surface area (Å²) in [5.41, 5.74) is 9.04. The minimum Gasteiger partial charge on any atom is -0.481 e. The number of fused-ring (bicyclic) bond motifs is 8. The summed E-state index contributed by atoms with van der Waals surface area (Å²) in [5.74, 6) is -1.53. The number of allylic oxidation sites excluding steroid dienone is 1. The first-order chi connectivity index (χ1) is 20.9. The second-order valence-electron chi connectivity index (χ2n) is 12.1. The molecule has 0 aromatic carbocycles. The van der Waals surface area contributed by atoms with E-state index in [1.165, 1.54) is 0 Å². The maximum absolute atomic E-state index is 11.7. The highest BCUT2D eigenvalue weighted by atomic mass is 16.5. The second-order valence-corrected chi connectivity index (χ2v) is 12.1. The lowest BCUT2D eigenvalue weighted by Gasteiger charge is -2.18. The minimum atomic E-state index is -1.86. The molecule has 44 heavy (non-hydrogen) atoms. The summed E-state index contributed by atoms with van der Waals surface area (Å²) in [4.78, 5) is 28.6. The van der Waals surface area contributed by atoms with Crippen molar-refractivity contribution in [1.29, 1.82) is 0 Å². The number of aliphatic hydroxyl groups excluding tert-OH is 2. The second kappa shape index (κ2) is 12.3. The molecule has 7 N–H and O–H groups in total. The van der Waals surface area contributed by atoms with Crippen LogP contribution >= 0.6 is 0 Å². The van der Waals surface area contributed by atoms with Crippen molar-refractivity contribution < 1.29 is 30.3 Å². The van der Waals surface area contributed by atoms with Crippen molar-refractivity contribution in [3.05, 3.63) is 81.4 Å². The van der Waals surface area contributed by atoms with E-state index in [1.54, 1.807) is 6.92 Å². The maximum Gasteiger partial charge on any atom is 0.303 e. The Morgan fingerprint density at radius 2 is 1.61 bits per heavy atom. The summed E-state index contributed by atoms with van der Waals surface area (Å²) >= 11 is 0. The zero-order valence-corrected chi connectivity index (χ0v) is 25.8. The smallest absolute Gasteiger partial charge is 0.303 e. The number of carboxylic acids is 1. The number of carbonyl (C=O) groups is 1. The van der Waals surface area contributed by atoms with E-state index in [0.29, 0.717) is 33.5 Å². The van der Waals surface area contributed by atoms with Gasteiger partial charge < -0.3 is 35.5 Å². The van der Waals surface area contributed by atoms with Crippen LogP contribution in [0.4, 0.5) is 0 Å². The van der Waals surface area contributed by atoms with Crippen molar-refractivity contribution in [3.8, 4) is 0 Å². The molecule has 0 saturated heterocycles. The van der Waals surface area contributed by atoms with Crippen LogP contribution in [0.25, 0.3) is 22.1 Å². The average molecular weight is 603 g/mol. The fraction of sp³-hybridized carbons (Fsp3) is 0.441. The van der Waals surface area contributed by atoms with Gasteiger partial charge in [0.1, 0.15) is 0 Å². The molecule has 0 aliphatic carbocycles. The maximum atomic E-state index is 11.7. The first kappa shape index (κ1) is 31.6. The van der Waals surface area contributed by atoms with Crippen molar-refractivity contribution in [2.45, 2.75) is 96.6 Å². The molecule has 10 nitrogen and oxygen atoms in total. The molecular formula is C34H42N4O6. The van der Waals surface area contributed by atoms with E-state index in [1.807, 2.05) is 25.1 Å². The van der Waals surface area contributed by atoms with Gasteiger partial charge in [0.05, 0.1) is 11.2 Å². The van der Waals surface area contributed by atoms with Crippen molar-refractivity contribution >= 4 is 28.0 Å². The molecule has 0 fully saturated rings. The molecule has 2 aliphatic rings. The Balaban J connectivity index is 2.01. The summed E-state index contributed by atoms with van der Waals surface area (Å²) in [7, 11) is 0. The number of hydrogen-bond donors (Lipinski definition) is 7. The Morgan fingerprint density at radius 3 is 2.23 bits per heavy atom. The molecule has 3 aromatic heterocycles. The summed E-state index contributed by atoms with van der Waals surface area (Å²) in [6.07, 6.45) is -1.05. The lowest BCUT2D eigenvalue weighted by molar-refractivity contribution is -0.137. The van der Waals surface area contributed by atoms with Gasteiger partial charge in [-0.1, -0.05) is 26.8 Å². The van der Waals surface area contributed by atoms with Gasteiger partial charge in [0.15, 0.2) is 12.6 Å². The number of aliphatic hydroxyl groups is 4. The number of hydrogen-bond acceptors (Lipinski definition) is 7. The molecule has 3 aromatic rings. The van der Waals surface area contributed by atoms with Crippen LogP contribution in [-0.4, -0.2) is 57.7 Å². The molecule has 3 unspecified atom stereocenters. The third kappa shape index (κ3) is 5.59. The van der Waals surface area contributed by atoms with Gasteiger partial charge in [-0.2, -0.15) is 0 Å². The molecule has 10 heteroatoms. The monoisotopic (exact) mass is 602 g/mol. The van der Waals surface area contributed by atoms with Crippen LogP contribution in [0, 0.1) is 13.8 Å². The van der Waals surface area contributed by atoms with E-state index < -0.39 is 18.5 Å². The Hall–Kier alpha value is -3.83. The number of aryl methyl sites for hydroxylation is 3. The van der Waals surface area contributed by atoms with E-state index in [0.717, 1.165) is 40.0 Å². The first-order valence-electron chi connectivity index (χ1n) is 15.2. The van der Waals surface area contributed by atoms with Gasteiger partial charge in [0, 0.05) is 81.3 Å². The lowest BCUT2D eigenvalue weighted by Crippen LogP contribution is -2.14. The van der Waals surface area contributed by atoms with Gasteiger partial charge in [0.25, 0.3) is 0 Å². The summed E-state index contributed by atoms with van der Waals surface area (Å²) in [6, 6.07) is 5.96. The largest absolute Gasteiger partial charge is 0.481 e. The number of H-pyrrole nitrogens is 2. The number of aromatic amines is 2. The molecule has 2 aliphatic heterocycles. The normalized spacial score (nSPS) is 20.1. The summed E-state index contributed by atoms with van der Waals surface area (Å²) in [6.45, 7) is 14.1. The topological polar surface area (TPSA) is 176 Å². The highest BCUT2D eigenvalue weighted by Crippen LogP contribution is 2.44. The fourth-order valence-corrected chi connectivity index (χ4v) is 6.97. The molecule has 234 valence electrons. The number of carboxylic acid groups (broad SMARTS) is 1. The average Bonchev–Trinajstić information content (AvgIpc) is 3.63. The van der Waals surface area contributed by atoms with Gasteiger partial charge in [-0.05, 0) is 61.6 Å². The minimum absolute atomic E-state index is 0.0184. The van der Waals surface area contributed by atoms with Gasteiger partial charge >= 0.3 is 5.97 Å². The number of rotatable bonds is 8. The van der Waals surface area contributed by atoms with E-state index >= 15 is 0 Å². The predicted octanol–water partition coefficient (Wildman–Crippen LogP) is 5.16. The molecule has 0 saturated carbocycles. The lowest BCUT2D eigenvalue weighted by atomic mass is 9.84. The summed E-state index contributed by atoms with van der Waals surface area (Å²) < 4.78 is 0. The van der Waals surface area contributed by atoms with Crippen LogP contribution in [0.3, 0.4) is 0 Å². The third-order valence-corrected chi connectivity index (χ3v) is 9.47. The van der Waals surface area contributed by atoms with Crippen molar-refractivity contribution in [1.82, 2.24) is 19.9 Å². The van der Waals surface area contributed by atoms with Crippen LogP contribution in [0.2, 0.25) is 0 Å². The van der Waals surface area contributed by atoms with E-state index in [4.69, 9.17) is 9.97 Å². The Morgan fingerprint density at radius 1 is 0.932 bits per heavy atom. The third-order valence-electron chi connectivity index (χ3n) is 9.47. The van der Waals surface area contributed by atoms with Gasteiger partial charge in [-0.3, -0.25) is 14.8 Å². The summed E-state index contributed by atoms with van der Waals surface area (Å²) in [5, 5.41) is 51.2. The van der Waals surface area contributed by atoms with Crippen LogP contribution in [0.1, 0.15) is 114 Å². The van der Waals surface area contributed by atoms with Crippen LogP contribution < -0.4 is 0 Å². The Kier molecular flexibility index (Phi) is 8.82. The van der Waals surface area contributed by atoms with E-state index in [9.17, 15) is 30.3 Å². The van der Waals surface area contributed by atoms with Gasteiger partial charge in [-0.15, -0.1) is 6.58 Å². The van der Waals surface area contributed by atoms with Crippen LogP contribution in [-0.2, 0) is 17.6 Å². The standard InChI is InChI=1S/C34H42N4O6/c1-7-19-15(3)23-12-25-17(5)21(9-10-29(39)40)32(37-25)22(11-30(41)42)33-31(34(43)44)18(6)26(38-33)14-28-20(8-2)16(4)24(36-28)13-27(19)35-23/h7,12-15,17,19,21,30,34,36,38,41-44H,1,8-11H2,2-6H3,(H,39,40)/t15?,17?,19?,21-/m0/s1. The number of nitrogens with one attached hydrogen (secondary N) is 2. The van der Waals surface area contributed by atoms with Crippen LogP contribution in [0.15, 0.2) is 30.9 Å². The predicted molar refractivity (Wildman–Crippen MR) is 168 cm³/mol. The zero-order valence-electron chi connectivity index (χ0n) is 25.8. The van der Waals surface area contributed by atoms with Crippen LogP contribution in [0.5, 0.6) is 0 Å². The molecule has 0 amide bonds. The molecule has 5 heterocycles. The van der Waals surface area contributed by atoms with E-state index in [-0.39, 0.29) is 48.5 Å². The fourth-order valence-electron chi connectivity index (χ4n) is 6.97. The molecule has 0 spiro atoms. The molecule has 4 atom stereocenters. The van der Waals surface area contributed by atoms with Gasteiger partial charge in [0.2, 0.25) is 0 Å². The quantitative estimate of drug-likeness (QED) is 0.137. The zero-order chi connectivity index (χ0) is 32.0. The van der Waals surface area contributed by atoms with Gasteiger partial charge in [-0.25, -0.2) is 0 Å². The van der Waals surface area contributed by atoms with E-state index in [2.05, 4.69) is 43.4 Å². The molecule has 8 bridgehead atoms. The van der Waals surface area contributed by atoms with Crippen molar-refractivity contribution in [2.24, 2.45) is 0 Å². The Bertz CT molecular complexity index is 1770. The SMILES string of the molecule is C=CC1c2cc3[nH]c(cc4[nH]c(c(CC(O)O)c5nc(cc(n2)C1C)C(C)[C@@H]5CCC(=O)O)c(C(O)O)c4C)c(CC)c3C. The Labute approximate surface area is 256 Å². The number of aromatic nitrogens is 4. The van der Waals surface area contributed by atoms with Crippen molar-refractivity contribution in [2.75, 3.05) is 0 Å². The molecule has 5 rings (SSSR count). The molecule has 0 radical (unpaired) electrons. The first-order valence-corrected chi connectivity index (χ1v) is 15.2. The highest BCUT2D eigenvalue weighted by Gasteiger charge is 2.34.